The fourth-order valence-corrected chi connectivity index (χ4v) is 1.74. The summed E-state index contributed by atoms with van der Waals surface area (Å²) in [7, 11) is 0. The maximum absolute atomic E-state index is 11.7. The van der Waals surface area contributed by atoms with Gasteiger partial charge >= 0.3 is 0 Å². The highest BCUT2D eigenvalue weighted by Gasteiger charge is 2.14. The van der Waals surface area contributed by atoms with Crippen LogP contribution in [0.5, 0.6) is 5.75 Å². The van der Waals surface area contributed by atoms with Crippen molar-refractivity contribution < 1.29 is 9.53 Å². The van der Waals surface area contributed by atoms with Crippen molar-refractivity contribution in [1.29, 1.82) is 0 Å². The minimum atomic E-state index is -0.170. The van der Waals surface area contributed by atoms with Crippen LogP contribution in [0.15, 0.2) is 24.3 Å². The zero-order valence-corrected chi connectivity index (χ0v) is 11.7. The second-order valence-electron chi connectivity index (χ2n) is 5.34. The zero-order chi connectivity index (χ0) is 13.6. The fourth-order valence-electron chi connectivity index (χ4n) is 1.74. The van der Waals surface area contributed by atoms with Crippen molar-refractivity contribution in [2.45, 2.75) is 46.1 Å². The molecule has 0 saturated heterocycles. The van der Waals surface area contributed by atoms with E-state index in [1.165, 1.54) is 0 Å². The van der Waals surface area contributed by atoms with E-state index < -0.39 is 0 Å². The van der Waals surface area contributed by atoms with E-state index in [4.69, 9.17) is 4.74 Å². The van der Waals surface area contributed by atoms with Crippen molar-refractivity contribution in [3.8, 4) is 5.75 Å². The summed E-state index contributed by atoms with van der Waals surface area (Å²) in [5, 5.41) is 2.96. The maximum atomic E-state index is 11.7. The molecule has 0 aliphatic carbocycles. The third-order valence-electron chi connectivity index (χ3n) is 2.41. The summed E-state index contributed by atoms with van der Waals surface area (Å²) in [6.45, 7) is 8.56. The highest BCUT2D eigenvalue weighted by molar-refractivity contribution is 5.77. The predicted molar refractivity (Wildman–Crippen MR) is 73.8 cm³/mol. The Bertz CT molecular complexity index is 394. The molecular weight excluding hydrogens is 226 g/mol. The Labute approximate surface area is 110 Å². The van der Waals surface area contributed by atoms with Crippen LogP contribution in [0, 0.1) is 0 Å². The Morgan fingerprint density at radius 2 is 1.94 bits per heavy atom. The summed E-state index contributed by atoms with van der Waals surface area (Å²) in [5.41, 5.74) is 0.916. The van der Waals surface area contributed by atoms with Crippen LogP contribution >= 0.6 is 0 Å². The molecular formula is C15H23NO2. The normalized spacial score (nSPS) is 11.1. The number of carbonyl (C=O) groups excluding carboxylic acids is 1. The molecule has 0 radical (unpaired) electrons. The SMILES string of the molecule is CCOc1ccccc1CCC(=O)NC(C)(C)C. The second-order valence-corrected chi connectivity index (χ2v) is 5.34. The van der Waals surface area contributed by atoms with Crippen molar-refractivity contribution in [3.63, 3.8) is 0 Å². The molecule has 0 unspecified atom stereocenters. The third-order valence-corrected chi connectivity index (χ3v) is 2.41. The molecule has 1 rings (SSSR count). The van der Waals surface area contributed by atoms with E-state index >= 15 is 0 Å². The van der Waals surface area contributed by atoms with Crippen LogP contribution in [0.4, 0.5) is 0 Å². The van der Waals surface area contributed by atoms with Gasteiger partial charge in [-0.15, -0.1) is 0 Å². The molecule has 18 heavy (non-hydrogen) atoms. The van der Waals surface area contributed by atoms with Gasteiger partial charge in [-0.05, 0) is 45.7 Å². The number of carbonyl (C=O) groups is 1. The van der Waals surface area contributed by atoms with Crippen LogP contribution in [0.1, 0.15) is 39.7 Å². The predicted octanol–water partition coefficient (Wildman–Crippen LogP) is 2.93. The number of nitrogens with one attached hydrogen (secondary N) is 1. The zero-order valence-electron chi connectivity index (χ0n) is 11.7. The summed E-state index contributed by atoms with van der Waals surface area (Å²) < 4.78 is 5.54. The Morgan fingerprint density at radius 1 is 1.28 bits per heavy atom. The molecule has 1 aromatic carbocycles. The summed E-state index contributed by atoms with van der Waals surface area (Å²) >= 11 is 0. The first-order chi connectivity index (χ1) is 8.42. The topological polar surface area (TPSA) is 38.3 Å². The molecule has 100 valence electrons. The molecule has 0 saturated carbocycles. The maximum Gasteiger partial charge on any atom is 0.220 e. The van der Waals surface area contributed by atoms with Gasteiger partial charge in [0.05, 0.1) is 6.61 Å². The van der Waals surface area contributed by atoms with Gasteiger partial charge in [0.2, 0.25) is 5.91 Å². The molecule has 0 bridgehead atoms. The van der Waals surface area contributed by atoms with Gasteiger partial charge in [0.15, 0.2) is 0 Å². The summed E-state index contributed by atoms with van der Waals surface area (Å²) in [6, 6.07) is 7.87. The van der Waals surface area contributed by atoms with E-state index in [0.29, 0.717) is 19.4 Å². The molecule has 1 amide bonds. The van der Waals surface area contributed by atoms with Crippen molar-refractivity contribution in [2.75, 3.05) is 6.61 Å². The minimum Gasteiger partial charge on any atom is -0.494 e. The van der Waals surface area contributed by atoms with E-state index in [9.17, 15) is 4.79 Å². The van der Waals surface area contributed by atoms with Crippen molar-refractivity contribution in [1.82, 2.24) is 5.32 Å². The fraction of sp³-hybridized carbons (Fsp3) is 0.533. The van der Waals surface area contributed by atoms with Gasteiger partial charge in [-0.1, -0.05) is 18.2 Å². The average molecular weight is 249 g/mol. The molecule has 0 spiro atoms. The first-order valence-corrected chi connectivity index (χ1v) is 6.44. The monoisotopic (exact) mass is 249 g/mol. The number of hydrogen-bond acceptors (Lipinski definition) is 2. The van der Waals surface area contributed by atoms with Gasteiger partial charge in [0, 0.05) is 12.0 Å². The highest BCUT2D eigenvalue weighted by atomic mass is 16.5. The first-order valence-electron chi connectivity index (χ1n) is 6.44. The smallest absolute Gasteiger partial charge is 0.220 e. The average Bonchev–Trinajstić information content (AvgIpc) is 2.26. The molecule has 0 aliphatic heterocycles. The van der Waals surface area contributed by atoms with E-state index in [1.807, 2.05) is 52.0 Å². The van der Waals surface area contributed by atoms with Crippen LogP contribution in [-0.4, -0.2) is 18.1 Å². The van der Waals surface area contributed by atoms with Gasteiger partial charge in [-0.2, -0.15) is 0 Å². The third kappa shape index (κ3) is 5.21. The van der Waals surface area contributed by atoms with Gasteiger partial charge in [0.25, 0.3) is 0 Å². The first kappa shape index (κ1) is 14.6. The molecule has 0 aliphatic rings. The van der Waals surface area contributed by atoms with E-state index in [1.54, 1.807) is 0 Å². The van der Waals surface area contributed by atoms with Crippen LogP contribution < -0.4 is 10.1 Å². The minimum absolute atomic E-state index is 0.0776. The number of hydrogen-bond donors (Lipinski definition) is 1. The molecule has 1 N–H and O–H groups in total. The molecule has 3 heteroatoms. The lowest BCUT2D eigenvalue weighted by Crippen LogP contribution is -2.40. The number of rotatable bonds is 5. The second kappa shape index (κ2) is 6.43. The lowest BCUT2D eigenvalue weighted by molar-refractivity contribution is -0.122. The summed E-state index contributed by atoms with van der Waals surface area (Å²) in [4.78, 5) is 11.7. The Hall–Kier alpha value is -1.51. The Kier molecular flexibility index (Phi) is 5.20. The molecule has 0 aromatic heterocycles. The number of aryl methyl sites for hydroxylation is 1. The number of para-hydroxylation sites is 1. The molecule has 3 nitrogen and oxygen atoms in total. The lowest BCUT2D eigenvalue weighted by atomic mass is 10.1. The van der Waals surface area contributed by atoms with E-state index in [-0.39, 0.29) is 11.4 Å². The van der Waals surface area contributed by atoms with Crippen molar-refractivity contribution in [2.24, 2.45) is 0 Å². The quantitative estimate of drug-likeness (QED) is 0.871. The van der Waals surface area contributed by atoms with Crippen LogP contribution in [-0.2, 0) is 11.2 Å². The van der Waals surface area contributed by atoms with Crippen LogP contribution in [0.3, 0.4) is 0 Å². The van der Waals surface area contributed by atoms with Crippen LogP contribution in [0.25, 0.3) is 0 Å². The van der Waals surface area contributed by atoms with Gasteiger partial charge < -0.3 is 10.1 Å². The number of benzene rings is 1. The van der Waals surface area contributed by atoms with E-state index in [2.05, 4.69) is 5.32 Å². The largest absolute Gasteiger partial charge is 0.494 e. The lowest BCUT2D eigenvalue weighted by Gasteiger charge is -2.20. The Balaban J connectivity index is 2.55. The molecule has 0 atom stereocenters. The van der Waals surface area contributed by atoms with E-state index in [0.717, 1.165) is 11.3 Å². The summed E-state index contributed by atoms with van der Waals surface area (Å²) in [6.07, 6.45) is 1.19. The highest BCUT2D eigenvalue weighted by Crippen LogP contribution is 2.19. The molecule has 0 fully saturated rings. The Morgan fingerprint density at radius 3 is 2.56 bits per heavy atom. The van der Waals surface area contributed by atoms with Crippen molar-refractivity contribution >= 4 is 5.91 Å². The van der Waals surface area contributed by atoms with Crippen molar-refractivity contribution in [3.05, 3.63) is 29.8 Å². The van der Waals surface area contributed by atoms with Gasteiger partial charge in [-0.3, -0.25) is 4.79 Å². The van der Waals surface area contributed by atoms with Crippen LogP contribution in [0.2, 0.25) is 0 Å². The number of amides is 1. The molecule has 1 aromatic rings. The van der Waals surface area contributed by atoms with Gasteiger partial charge in [-0.25, -0.2) is 0 Å². The standard InChI is InChI=1S/C15H23NO2/c1-5-18-13-9-7-6-8-12(13)10-11-14(17)16-15(2,3)4/h6-9H,5,10-11H2,1-4H3,(H,16,17). The van der Waals surface area contributed by atoms with Gasteiger partial charge in [0.1, 0.15) is 5.75 Å². The number of ether oxygens (including phenoxy) is 1. The summed E-state index contributed by atoms with van der Waals surface area (Å²) in [5.74, 6) is 0.956. The molecule has 0 heterocycles.